The van der Waals surface area contributed by atoms with Crippen molar-refractivity contribution in [3.05, 3.63) is 15.8 Å². The van der Waals surface area contributed by atoms with Crippen LogP contribution < -0.4 is 10.2 Å². The number of anilines is 2. The van der Waals surface area contributed by atoms with E-state index in [-0.39, 0.29) is 10.6 Å². The summed E-state index contributed by atoms with van der Waals surface area (Å²) in [6.07, 6.45) is 1.12. The average molecular weight is 294 g/mol. The molecule has 0 saturated carbocycles. The van der Waals surface area contributed by atoms with Crippen LogP contribution in [0.4, 0.5) is 17.5 Å². The highest BCUT2D eigenvalue weighted by Gasteiger charge is 2.28. The largest absolute Gasteiger partial charge is 0.357 e. The van der Waals surface area contributed by atoms with Gasteiger partial charge in [-0.2, -0.15) is 4.98 Å². The van der Waals surface area contributed by atoms with Gasteiger partial charge in [0.2, 0.25) is 11.8 Å². The third-order valence-corrected chi connectivity index (χ3v) is 3.66. The van der Waals surface area contributed by atoms with Gasteiger partial charge in [-0.15, -0.1) is 0 Å². The Hall–Kier alpha value is -1.96. The first-order chi connectivity index (χ1) is 10.1. The number of aromatic nitrogens is 2. The molecular weight excluding hydrogens is 272 g/mol. The number of nitrogens with one attached hydrogen (secondary N) is 1. The number of aryl methyl sites for hydroxylation is 1. The van der Waals surface area contributed by atoms with Crippen molar-refractivity contribution in [2.24, 2.45) is 0 Å². The zero-order chi connectivity index (χ0) is 15.4. The minimum atomic E-state index is -0.386. The van der Waals surface area contributed by atoms with Crippen LogP contribution in [0.3, 0.4) is 0 Å². The molecule has 1 aromatic heterocycles. The molecule has 0 atom stereocenters. The third-order valence-electron chi connectivity index (χ3n) is 3.66. The lowest BCUT2D eigenvalue weighted by atomic mass is 10.2. The lowest BCUT2D eigenvalue weighted by molar-refractivity contribution is -0.385. The molecule has 1 aliphatic rings. The van der Waals surface area contributed by atoms with Gasteiger partial charge >= 0.3 is 5.69 Å². The van der Waals surface area contributed by atoms with Crippen molar-refractivity contribution >= 4 is 17.5 Å². The third kappa shape index (κ3) is 3.38. The Bertz CT molecular complexity index is 514. The first kappa shape index (κ1) is 15.4. The average Bonchev–Trinajstić information content (AvgIpc) is 2.47. The molecule has 2 heterocycles. The second kappa shape index (κ2) is 6.66. The Labute approximate surface area is 124 Å². The zero-order valence-electron chi connectivity index (χ0n) is 12.8. The molecule has 2 rings (SSSR count). The maximum absolute atomic E-state index is 11.3. The zero-order valence-corrected chi connectivity index (χ0v) is 12.8. The summed E-state index contributed by atoms with van der Waals surface area (Å²) in [6.45, 7) is 8.19. The van der Waals surface area contributed by atoms with Gasteiger partial charge in [0.25, 0.3) is 0 Å². The van der Waals surface area contributed by atoms with Crippen molar-refractivity contribution in [2.45, 2.75) is 20.3 Å². The molecule has 0 spiro atoms. The number of rotatable bonds is 5. The van der Waals surface area contributed by atoms with Crippen LogP contribution in [0.25, 0.3) is 0 Å². The Morgan fingerprint density at radius 1 is 1.29 bits per heavy atom. The molecule has 0 aromatic carbocycles. The Morgan fingerprint density at radius 2 is 1.95 bits per heavy atom. The highest BCUT2D eigenvalue weighted by atomic mass is 16.6. The molecule has 1 aliphatic heterocycles. The Balaban J connectivity index is 2.26. The fourth-order valence-corrected chi connectivity index (χ4v) is 2.60. The molecule has 1 N–H and O–H groups in total. The Kier molecular flexibility index (Phi) is 4.89. The van der Waals surface area contributed by atoms with Gasteiger partial charge < -0.3 is 10.2 Å². The van der Waals surface area contributed by atoms with Gasteiger partial charge in [0, 0.05) is 33.2 Å². The van der Waals surface area contributed by atoms with E-state index in [0.29, 0.717) is 17.5 Å². The Morgan fingerprint density at radius 3 is 2.48 bits per heavy atom. The molecule has 1 fully saturated rings. The summed E-state index contributed by atoms with van der Waals surface area (Å²) in [5.74, 6) is 0.845. The topological polar surface area (TPSA) is 87.4 Å². The number of nitrogens with zero attached hydrogens (tertiary/aromatic N) is 5. The quantitative estimate of drug-likeness (QED) is 0.646. The molecular formula is C13H22N6O2. The summed E-state index contributed by atoms with van der Waals surface area (Å²) < 4.78 is 0. The van der Waals surface area contributed by atoms with Crippen molar-refractivity contribution in [2.75, 3.05) is 50.0 Å². The monoisotopic (exact) mass is 294 g/mol. The molecule has 116 valence electrons. The second-order valence-electron chi connectivity index (χ2n) is 5.14. The van der Waals surface area contributed by atoms with Crippen LogP contribution in [0.15, 0.2) is 0 Å². The fraction of sp³-hybridized carbons (Fsp3) is 0.692. The van der Waals surface area contributed by atoms with Crippen LogP contribution in [0.5, 0.6) is 0 Å². The lowest BCUT2D eigenvalue weighted by Crippen LogP contribution is -2.47. The van der Waals surface area contributed by atoms with E-state index in [9.17, 15) is 10.1 Å². The van der Waals surface area contributed by atoms with Crippen LogP contribution in [0, 0.1) is 17.0 Å². The van der Waals surface area contributed by atoms with E-state index in [0.717, 1.165) is 39.1 Å². The van der Waals surface area contributed by atoms with E-state index >= 15 is 0 Å². The first-order valence-electron chi connectivity index (χ1n) is 7.25. The van der Waals surface area contributed by atoms with Crippen molar-refractivity contribution in [3.63, 3.8) is 0 Å². The van der Waals surface area contributed by atoms with E-state index in [2.05, 4.69) is 27.1 Å². The summed E-state index contributed by atoms with van der Waals surface area (Å²) in [7, 11) is 1.71. The van der Waals surface area contributed by atoms with Crippen LogP contribution in [-0.4, -0.2) is 59.6 Å². The van der Waals surface area contributed by atoms with Crippen LogP contribution >= 0.6 is 0 Å². The SMILES string of the molecule is CCCN1CCN(c2nc(NC)nc(C)c2[N+](=O)[O-])CC1. The highest BCUT2D eigenvalue weighted by Crippen LogP contribution is 2.30. The number of nitro groups is 1. The molecule has 21 heavy (non-hydrogen) atoms. The molecule has 1 aromatic rings. The lowest BCUT2D eigenvalue weighted by Gasteiger charge is -2.35. The van der Waals surface area contributed by atoms with Crippen molar-refractivity contribution < 1.29 is 4.92 Å². The molecule has 0 amide bonds. The normalized spacial score (nSPS) is 16.0. The van der Waals surface area contributed by atoms with Gasteiger partial charge in [0.05, 0.1) is 4.92 Å². The van der Waals surface area contributed by atoms with Gasteiger partial charge in [0.1, 0.15) is 5.69 Å². The predicted octanol–water partition coefficient (Wildman–Crippen LogP) is 1.27. The van der Waals surface area contributed by atoms with Crippen LogP contribution in [-0.2, 0) is 0 Å². The van der Waals surface area contributed by atoms with E-state index in [1.807, 2.05) is 4.90 Å². The summed E-state index contributed by atoms with van der Waals surface area (Å²) in [4.78, 5) is 23.7. The summed E-state index contributed by atoms with van der Waals surface area (Å²) in [6, 6.07) is 0. The van der Waals surface area contributed by atoms with Gasteiger partial charge in [-0.1, -0.05) is 6.92 Å². The molecule has 8 nitrogen and oxygen atoms in total. The molecule has 0 unspecified atom stereocenters. The van der Waals surface area contributed by atoms with E-state index in [4.69, 9.17) is 0 Å². The molecule has 0 radical (unpaired) electrons. The number of hydrogen-bond donors (Lipinski definition) is 1. The van der Waals surface area contributed by atoms with Crippen LogP contribution in [0.2, 0.25) is 0 Å². The van der Waals surface area contributed by atoms with Gasteiger partial charge in [-0.25, -0.2) is 4.98 Å². The standard InChI is InChI=1S/C13H22N6O2/c1-4-5-17-6-8-18(9-7-17)12-11(19(20)21)10(2)15-13(14-3)16-12/h4-9H2,1-3H3,(H,14,15,16). The van der Waals surface area contributed by atoms with Crippen molar-refractivity contribution in [1.82, 2.24) is 14.9 Å². The summed E-state index contributed by atoms with van der Waals surface area (Å²) >= 11 is 0. The van der Waals surface area contributed by atoms with Crippen molar-refractivity contribution in [1.29, 1.82) is 0 Å². The maximum atomic E-state index is 11.3. The highest BCUT2D eigenvalue weighted by molar-refractivity contribution is 5.62. The van der Waals surface area contributed by atoms with E-state index < -0.39 is 0 Å². The molecule has 0 bridgehead atoms. The van der Waals surface area contributed by atoms with E-state index in [1.165, 1.54) is 0 Å². The van der Waals surface area contributed by atoms with Crippen molar-refractivity contribution in [3.8, 4) is 0 Å². The van der Waals surface area contributed by atoms with Gasteiger partial charge in [-0.3, -0.25) is 15.0 Å². The van der Waals surface area contributed by atoms with Crippen LogP contribution in [0.1, 0.15) is 19.0 Å². The molecule has 0 aliphatic carbocycles. The molecule has 8 heteroatoms. The van der Waals surface area contributed by atoms with E-state index in [1.54, 1.807) is 14.0 Å². The van der Waals surface area contributed by atoms with Gasteiger partial charge in [-0.05, 0) is 19.9 Å². The first-order valence-corrected chi connectivity index (χ1v) is 7.25. The minimum Gasteiger partial charge on any atom is -0.357 e. The summed E-state index contributed by atoms with van der Waals surface area (Å²) in [5.41, 5.74) is 0.406. The number of hydrogen-bond acceptors (Lipinski definition) is 7. The number of piperazine rings is 1. The fourth-order valence-electron chi connectivity index (χ4n) is 2.60. The molecule has 1 saturated heterocycles. The van der Waals surface area contributed by atoms with Gasteiger partial charge in [0.15, 0.2) is 0 Å². The maximum Gasteiger partial charge on any atom is 0.332 e. The smallest absolute Gasteiger partial charge is 0.332 e. The summed E-state index contributed by atoms with van der Waals surface area (Å²) in [5, 5.41) is 14.2. The predicted molar refractivity (Wildman–Crippen MR) is 81.9 cm³/mol. The second-order valence-corrected chi connectivity index (χ2v) is 5.14. The minimum absolute atomic E-state index is 0.0120.